The van der Waals surface area contributed by atoms with E-state index in [0.717, 1.165) is 42.8 Å². The van der Waals surface area contributed by atoms with Crippen LogP contribution in [0.15, 0.2) is 0 Å². The zero-order chi connectivity index (χ0) is 17.5. The quantitative estimate of drug-likeness (QED) is 0.905. The second-order valence-corrected chi connectivity index (χ2v) is 9.80. The van der Waals surface area contributed by atoms with Crippen molar-refractivity contribution in [3.8, 4) is 0 Å². The number of hydrogen-bond donors (Lipinski definition) is 1. The van der Waals surface area contributed by atoms with Crippen LogP contribution < -0.4 is 5.32 Å². The molecule has 1 N–H and O–H groups in total. The first-order chi connectivity index (χ1) is 11.2. The lowest BCUT2D eigenvalue weighted by atomic mass is 9.88. The lowest BCUT2D eigenvalue weighted by molar-refractivity contribution is -0.120. The number of sulfone groups is 1. The molecule has 0 aromatic carbocycles. The Bertz CT molecular complexity index is 747. The fraction of sp³-hybridized carbons (Fsp3) is 0.765. The number of nitrogens with zero attached hydrogens (tertiary/aromatic N) is 2. The molecular formula is C17H27N3O3S. The molecule has 1 aliphatic heterocycles. The maximum absolute atomic E-state index is 12.5. The Labute approximate surface area is 143 Å². The van der Waals surface area contributed by atoms with Crippen LogP contribution in [0.3, 0.4) is 0 Å². The smallest absolute Gasteiger partial charge is 0.227 e. The summed E-state index contributed by atoms with van der Waals surface area (Å²) < 4.78 is 25.6. The van der Waals surface area contributed by atoms with Crippen LogP contribution in [0.5, 0.6) is 0 Å². The van der Waals surface area contributed by atoms with E-state index in [0.29, 0.717) is 6.42 Å². The summed E-state index contributed by atoms with van der Waals surface area (Å²) >= 11 is 0. The normalized spacial score (nSPS) is 27.3. The molecular weight excluding hydrogens is 326 g/mol. The molecule has 0 radical (unpaired) electrons. The molecule has 24 heavy (non-hydrogen) atoms. The third-order valence-corrected chi connectivity index (χ3v) is 7.40. The van der Waals surface area contributed by atoms with Crippen LogP contribution in [0.2, 0.25) is 0 Å². The molecule has 1 amide bonds. The summed E-state index contributed by atoms with van der Waals surface area (Å²) in [5, 5.41) is 7.62. The Morgan fingerprint density at radius 2 is 1.92 bits per heavy atom. The van der Waals surface area contributed by atoms with Crippen molar-refractivity contribution in [3.05, 3.63) is 11.4 Å². The molecule has 2 heterocycles. The highest BCUT2D eigenvalue weighted by Gasteiger charge is 2.42. The zero-order valence-electron chi connectivity index (χ0n) is 14.8. The van der Waals surface area contributed by atoms with Crippen molar-refractivity contribution < 1.29 is 13.2 Å². The Morgan fingerprint density at radius 1 is 1.25 bits per heavy atom. The number of carbonyl (C=O) groups is 1. The van der Waals surface area contributed by atoms with Gasteiger partial charge in [-0.3, -0.25) is 9.48 Å². The first-order valence-electron chi connectivity index (χ1n) is 8.80. The fourth-order valence-electron chi connectivity index (χ4n) is 4.10. The largest absolute Gasteiger partial charge is 0.323 e. The summed E-state index contributed by atoms with van der Waals surface area (Å²) in [6.45, 7) is 5.71. The molecule has 1 saturated carbocycles. The monoisotopic (exact) mass is 353 g/mol. The van der Waals surface area contributed by atoms with Crippen molar-refractivity contribution in [3.63, 3.8) is 0 Å². The van der Waals surface area contributed by atoms with Crippen LogP contribution in [0.1, 0.15) is 56.8 Å². The molecule has 1 aliphatic carbocycles. The van der Waals surface area contributed by atoms with Gasteiger partial charge >= 0.3 is 0 Å². The van der Waals surface area contributed by atoms with Gasteiger partial charge < -0.3 is 5.32 Å². The molecule has 1 aromatic rings. The molecule has 134 valence electrons. The molecule has 1 atom stereocenters. The second kappa shape index (κ2) is 6.17. The van der Waals surface area contributed by atoms with E-state index in [2.05, 4.69) is 10.4 Å². The van der Waals surface area contributed by atoms with Gasteiger partial charge in [0.05, 0.1) is 34.1 Å². The van der Waals surface area contributed by atoms with Crippen LogP contribution in [0, 0.1) is 19.8 Å². The van der Waals surface area contributed by atoms with E-state index >= 15 is 0 Å². The molecule has 1 aromatic heterocycles. The number of aromatic nitrogens is 2. The molecule has 0 spiro atoms. The molecule has 1 unspecified atom stereocenters. The van der Waals surface area contributed by atoms with Gasteiger partial charge in [0, 0.05) is 5.92 Å². The van der Waals surface area contributed by atoms with Crippen LogP contribution in [-0.2, 0) is 20.2 Å². The van der Waals surface area contributed by atoms with Gasteiger partial charge in [-0.25, -0.2) is 8.42 Å². The highest BCUT2D eigenvalue weighted by molar-refractivity contribution is 7.91. The third kappa shape index (κ3) is 3.23. The van der Waals surface area contributed by atoms with Crippen molar-refractivity contribution >= 4 is 21.4 Å². The molecule has 7 heteroatoms. The van der Waals surface area contributed by atoms with Crippen molar-refractivity contribution in [1.29, 1.82) is 0 Å². The van der Waals surface area contributed by atoms with Gasteiger partial charge in [-0.15, -0.1) is 0 Å². The Morgan fingerprint density at radius 3 is 2.50 bits per heavy atom. The Hall–Kier alpha value is -1.37. The summed E-state index contributed by atoms with van der Waals surface area (Å²) in [6.07, 6.45) is 5.92. The lowest BCUT2D eigenvalue weighted by Gasteiger charge is -2.25. The van der Waals surface area contributed by atoms with Gasteiger partial charge in [0.1, 0.15) is 0 Å². The van der Waals surface area contributed by atoms with Gasteiger partial charge in [0.2, 0.25) is 5.91 Å². The van der Waals surface area contributed by atoms with E-state index in [-0.39, 0.29) is 23.3 Å². The minimum Gasteiger partial charge on any atom is -0.323 e. The van der Waals surface area contributed by atoms with Gasteiger partial charge in [-0.1, -0.05) is 19.3 Å². The van der Waals surface area contributed by atoms with Gasteiger partial charge in [0.15, 0.2) is 9.84 Å². The Balaban J connectivity index is 1.83. The van der Waals surface area contributed by atoms with E-state index in [9.17, 15) is 13.2 Å². The number of aryl methyl sites for hydroxylation is 1. The highest BCUT2D eigenvalue weighted by Crippen LogP contribution is 2.34. The number of rotatable bonds is 3. The van der Waals surface area contributed by atoms with E-state index < -0.39 is 15.4 Å². The number of amides is 1. The maximum atomic E-state index is 12.5. The minimum atomic E-state index is -3.01. The topological polar surface area (TPSA) is 81.1 Å². The molecule has 0 bridgehead atoms. The van der Waals surface area contributed by atoms with Crippen LogP contribution in [-0.4, -0.2) is 35.6 Å². The zero-order valence-corrected chi connectivity index (χ0v) is 15.6. The fourth-order valence-corrected chi connectivity index (χ4v) is 6.21. The average molecular weight is 353 g/mol. The SMILES string of the molecule is Cc1nn(C2(C)CCS(=O)(=O)C2)c(C)c1NC(=O)C1CCCCC1. The lowest BCUT2D eigenvalue weighted by Crippen LogP contribution is -2.33. The standard InChI is InChI=1S/C17H27N3O3S/c1-12-15(18-16(21)14-7-5-4-6-8-14)13(2)20(19-12)17(3)9-10-24(22,23)11-17/h14H,4-11H2,1-3H3,(H,18,21). The summed E-state index contributed by atoms with van der Waals surface area (Å²) in [7, 11) is -3.01. The van der Waals surface area contributed by atoms with Gasteiger partial charge in [0.25, 0.3) is 0 Å². The number of hydrogen-bond acceptors (Lipinski definition) is 4. The van der Waals surface area contributed by atoms with Gasteiger partial charge in [-0.05, 0) is 40.0 Å². The average Bonchev–Trinajstić information content (AvgIpc) is 2.99. The second-order valence-electron chi connectivity index (χ2n) is 7.62. The van der Waals surface area contributed by atoms with E-state index in [4.69, 9.17) is 0 Å². The molecule has 2 aliphatic rings. The number of carbonyl (C=O) groups excluding carboxylic acids is 1. The summed E-state index contributed by atoms with van der Waals surface area (Å²) in [5.41, 5.74) is 1.82. The summed E-state index contributed by atoms with van der Waals surface area (Å²) in [4.78, 5) is 12.5. The summed E-state index contributed by atoms with van der Waals surface area (Å²) in [5.74, 6) is 0.469. The summed E-state index contributed by atoms with van der Waals surface area (Å²) in [6, 6.07) is 0. The first kappa shape index (κ1) is 17.5. The minimum absolute atomic E-state index is 0.0737. The molecule has 1 saturated heterocycles. The van der Waals surface area contributed by atoms with Gasteiger partial charge in [-0.2, -0.15) is 5.10 Å². The third-order valence-electron chi connectivity index (χ3n) is 5.51. The Kier molecular flexibility index (Phi) is 4.49. The van der Waals surface area contributed by atoms with Crippen molar-refractivity contribution in [1.82, 2.24) is 9.78 Å². The van der Waals surface area contributed by atoms with Crippen LogP contribution in [0.4, 0.5) is 5.69 Å². The first-order valence-corrected chi connectivity index (χ1v) is 10.6. The molecule has 3 rings (SSSR count). The molecule has 6 nitrogen and oxygen atoms in total. The number of anilines is 1. The predicted molar refractivity (Wildman–Crippen MR) is 93.8 cm³/mol. The maximum Gasteiger partial charge on any atom is 0.227 e. The van der Waals surface area contributed by atoms with E-state index in [1.807, 2.05) is 25.5 Å². The van der Waals surface area contributed by atoms with E-state index in [1.54, 1.807) is 0 Å². The highest BCUT2D eigenvalue weighted by atomic mass is 32.2. The van der Waals surface area contributed by atoms with Crippen molar-refractivity contribution in [2.24, 2.45) is 5.92 Å². The van der Waals surface area contributed by atoms with Crippen LogP contribution in [0.25, 0.3) is 0 Å². The van der Waals surface area contributed by atoms with E-state index in [1.165, 1.54) is 6.42 Å². The molecule has 2 fully saturated rings. The number of nitrogens with one attached hydrogen (secondary N) is 1. The van der Waals surface area contributed by atoms with Crippen molar-refractivity contribution in [2.75, 3.05) is 16.8 Å². The predicted octanol–water partition coefficient (Wildman–Crippen LogP) is 2.55. The van der Waals surface area contributed by atoms with Crippen LogP contribution >= 0.6 is 0 Å². The van der Waals surface area contributed by atoms with Crippen molar-refractivity contribution in [2.45, 2.75) is 64.8 Å².